The number of rotatable bonds is 2. The van der Waals surface area contributed by atoms with Gasteiger partial charge in [-0.15, -0.1) is 11.3 Å². The fourth-order valence-corrected chi connectivity index (χ4v) is 5.57. The molecule has 0 fully saturated rings. The van der Waals surface area contributed by atoms with Crippen LogP contribution < -0.4 is 4.74 Å². The number of benzene rings is 3. The lowest BCUT2D eigenvalue weighted by Crippen LogP contribution is -2.33. The molecule has 3 aromatic carbocycles. The number of fused-ring (bicyclic) bond motifs is 4. The maximum absolute atomic E-state index is 6.52. The second-order valence-corrected chi connectivity index (χ2v) is 9.32. The fourth-order valence-electron chi connectivity index (χ4n) is 4.28. The molecule has 0 N–H and O–H groups in total. The summed E-state index contributed by atoms with van der Waals surface area (Å²) in [5.74, 6) is 0.704. The van der Waals surface area contributed by atoms with E-state index in [-0.39, 0.29) is 12.3 Å². The lowest BCUT2D eigenvalue weighted by molar-refractivity contribution is -0.0165. The fraction of sp³-hybridized carbons (Fsp3) is 0.125. The first kappa shape index (κ1) is 18.3. The smallest absolute Gasteiger partial charge is 0.223 e. The Morgan fingerprint density at radius 3 is 2.67 bits per heavy atom. The van der Waals surface area contributed by atoms with Gasteiger partial charge in [0.05, 0.1) is 21.7 Å². The first-order valence-corrected chi connectivity index (χ1v) is 11.3. The zero-order chi connectivity index (χ0) is 20.2. The molecule has 1 aromatic heterocycles. The van der Waals surface area contributed by atoms with E-state index in [1.807, 2.05) is 12.1 Å². The average Bonchev–Trinajstić information content (AvgIpc) is 3.43. The van der Waals surface area contributed by atoms with Crippen molar-refractivity contribution in [2.24, 2.45) is 5.10 Å². The van der Waals surface area contributed by atoms with E-state index in [1.54, 1.807) is 17.4 Å². The summed E-state index contributed by atoms with van der Waals surface area (Å²) < 4.78 is 6.37. The summed E-state index contributed by atoms with van der Waals surface area (Å²) in [6.45, 7) is 0. The number of halogens is 2. The van der Waals surface area contributed by atoms with Crippen LogP contribution in [0.2, 0.25) is 10.0 Å². The summed E-state index contributed by atoms with van der Waals surface area (Å²) in [5.41, 5.74) is 3.16. The molecule has 0 radical (unpaired) electrons. The van der Waals surface area contributed by atoms with Crippen molar-refractivity contribution in [3.63, 3.8) is 0 Å². The van der Waals surface area contributed by atoms with Gasteiger partial charge < -0.3 is 4.74 Å². The largest absolute Gasteiger partial charge is 0.462 e. The second-order valence-electron chi connectivity index (χ2n) is 7.50. The van der Waals surface area contributed by atoms with E-state index in [0.29, 0.717) is 15.8 Å². The molecule has 3 nitrogen and oxygen atoms in total. The Kier molecular flexibility index (Phi) is 4.27. The first-order valence-electron chi connectivity index (χ1n) is 9.71. The minimum atomic E-state index is -0.306. The Balaban J connectivity index is 1.47. The standard InChI is InChI=1S/C24H16Cl2N2OS/c25-17-11-18-21-13-20(16-8-7-14-4-1-2-5-15(14)10-16)27-28(21)24(22-6-3-9-30-22)29-23(18)19(26)12-17/h1-12,21,24H,13H2. The number of nitrogens with zero attached hydrogens (tertiary/aromatic N) is 2. The van der Waals surface area contributed by atoms with Crippen molar-refractivity contribution in [1.82, 2.24) is 5.01 Å². The van der Waals surface area contributed by atoms with Gasteiger partial charge in [-0.25, -0.2) is 5.01 Å². The molecule has 6 heteroatoms. The molecule has 2 unspecified atom stereocenters. The molecule has 0 amide bonds. The van der Waals surface area contributed by atoms with Gasteiger partial charge in [0.15, 0.2) is 0 Å². The third-order valence-electron chi connectivity index (χ3n) is 5.68. The van der Waals surface area contributed by atoms with E-state index < -0.39 is 0 Å². The van der Waals surface area contributed by atoms with Crippen LogP contribution in [-0.2, 0) is 0 Å². The van der Waals surface area contributed by atoms with E-state index in [2.05, 4.69) is 58.9 Å². The van der Waals surface area contributed by atoms with Crippen LogP contribution in [-0.4, -0.2) is 10.7 Å². The monoisotopic (exact) mass is 450 g/mol. The maximum Gasteiger partial charge on any atom is 0.223 e. The lowest BCUT2D eigenvalue weighted by Gasteiger charge is -2.38. The minimum Gasteiger partial charge on any atom is -0.462 e. The molecule has 0 spiro atoms. The van der Waals surface area contributed by atoms with Crippen molar-refractivity contribution in [2.75, 3.05) is 0 Å². The second kappa shape index (κ2) is 7.02. The van der Waals surface area contributed by atoms with Gasteiger partial charge in [0.1, 0.15) is 5.75 Å². The van der Waals surface area contributed by atoms with Gasteiger partial charge in [0, 0.05) is 17.0 Å². The third-order valence-corrected chi connectivity index (χ3v) is 7.08. The van der Waals surface area contributed by atoms with Crippen molar-refractivity contribution in [3.05, 3.63) is 98.2 Å². The number of ether oxygens (including phenoxy) is 1. The van der Waals surface area contributed by atoms with Gasteiger partial charge in [-0.05, 0) is 46.0 Å². The van der Waals surface area contributed by atoms with Crippen molar-refractivity contribution in [2.45, 2.75) is 18.7 Å². The topological polar surface area (TPSA) is 24.8 Å². The SMILES string of the molecule is Clc1cc(Cl)c2c(c1)C1CC(c3ccc4ccccc4c3)=NN1C(c1cccs1)O2. The summed E-state index contributed by atoms with van der Waals surface area (Å²) in [7, 11) is 0. The molecule has 0 saturated carbocycles. The molecule has 30 heavy (non-hydrogen) atoms. The van der Waals surface area contributed by atoms with Gasteiger partial charge >= 0.3 is 0 Å². The zero-order valence-electron chi connectivity index (χ0n) is 15.8. The van der Waals surface area contributed by atoms with Gasteiger partial charge in [0.25, 0.3) is 0 Å². The van der Waals surface area contributed by atoms with E-state index in [0.717, 1.165) is 28.1 Å². The van der Waals surface area contributed by atoms with Crippen molar-refractivity contribution < 1.29 is 4.74 Å². The molecule has 4 aromatic rings. The molecule has 0 bridgehead atoms. The highest BCUT2D eigenvalue weighted by molar-refractivity contribution is 7.10. The van der Waals surface area contributed by atoms with Crippen molar-refractivity contribution >= 4 is 51.0 Å². The molecule has 148 valence electrons. The van der Waals surface area contributed by atoms with Crippen LogP contribution in [0.15, 0.2) is 77.2 Å². The Bertz CT molecular complexity index is 1300. The molecule has 2 aliphatic heterocycles. The zero-order valence-corrected chi connectivity index (χ0v) is 18.1. The van der Waals surface area contributed by atoms with E-state index in [1.165, 1.54) is 10.8 Å². The molecule has 6 rings (SSSR count). The molecule has 0 saturated heterocycles. The highest BCUT2D eigenvalue weighted by Crippen LogP contribution is 2.51. The summed E-state index contributed by atoms with van der Waals surface area (Å²) in [5, 5.41) is 12.7. The van der Waals surface area contributed by atoms with Crippen molar-refractivity contribution in [3.8, 4) is 5.75 Å². The summed E-state index contributed by atoms with van der Waals surface area (Å²) in [6, 6.07) is 22.7. The molecule has 2 aliphatic rings. The highest BCUT2D eigenvalue weighted by Gasteiger charge is 2.42. The van der Waals surface area contributed by atoms with E-state index in [9.17, 15) is 0 Å². The van der Waals surface area contributed by atoms with Gasteiger partial charge in [0.2, 0.25) is 6.23 Å². The number of hydrogen-bond donors (Lipinski definition) is 0. The van der Waals surface area contributed by atoms with Gasteiger partial charge in [-0.1, -0.05) is 65.7 Å². The van der Waals surface area contributed by atoms with Crippen LogP contribution in [0.1, 0.15) is 34.7 Å². The van der Waals surface area contributed by atoms with Gasteiger partial charge in [-0.3, -0.25) is 0 Å². The molecular weight excluding hydrogens is 435 g/mol. The van der Waals surface area contributed by atoms with Crippen molar-refractivity contribution in [1.29, 1.82) is 0 Å². The minimum absolute atomic E-state index is 0.0264. The Hall–Kier alpha value is -2.53. The van der Waals surface area contributed by atoms with E-state index in [4.69, 9.17) is 33.0 Å². The molecule has 3 heterocycles. The maximum atomic E-state index is 6.52. The molecular formula is C24H16Cl2N2OS. The Morgan fingerprint density at radius 1 is 0.967 bits per heavy atom. The van der Waals surface area contributed by atoms with Crippen LogP contribution in [0.25, 0.3) is 10.8 Å². The first-order chi connectivity index (χ1) is 14.7. The summed E-state index contributed by atoms with van der Waals surface area (Å²) in [6.07, 6.45) is 0.465. The van der Waals surface area contributed by atoms with Crippen LogP contribution in [0.4, 0.5) is 0 Å². The number of hydrogen-bond acceptors (Lipinski definition) is 4. The summed E-state index contributed by atoms with van der Waals surface area (Å²) in [4.78, 5) is 1.10. The predicted octanol–water partition coefficient (Wildman–Crippen LogP) is 7.45. The van der Waals surface area contributed by atoms with Crippen LogP contribution in [0.5, 0.6) is 5.75 Å². The highest BCUT2D eigenvalue weighted by atomic mass is 35.5. The quantitative estimate of drug-likeness (QED) is 0.316. The third kappa shape index (κ3) is 2.90. The Labute approximate surface area is 188 Å². The molecule has 2 atom stereocenters. The summed E-state index contributed by atoms with van der Waals surface area (Å²) >= 11 is 14.5. The van der Waals surface area contributed by atoms with E-state index >= 15 is 0 Å². The predicted molar refractivity (Wildman–Crippen MR) is 124 cm³/mol. The Morgan fingerprint density at radius 2 is 1.83 bits per heavy atom. The van der Waals surface area contributed by atoms with Crippen LogP contribution >= 0.6 is 34.5 Å². The van der Waals surface area contributed by atoms with Gasteiger partial charge in [-0.2, -0.15) is 5.10 Å². The van der Waals surface area contributed by atoms with Crippen LogP contribution in [0, 0.1) is 0 Å². The molecule has 0 aliphatic carbocycles. The lowest BCUT2D eigenvalue weighted by atomic mass is 9.95. The number of hydrazone groups is 1. The number of thiophene rings is 1. The normalized spacial score (nSPS) is 19.9. The van der Waals surface area contributed by atoms with Crippen LogP contribution in [0.3, 0.4) is 0 Å². The average molecular weight is 451 g/mol.